The fraction of sp³-hybridized carbons (Fsp3) is 0.600. The zero-order valence-electron chi connectivity index (χ0n) is 11.7. The van der Waals surface area contributed by atoms with E-state index in [0.717, 1.165) is 38.1 Å². The van der Waals surface area contributed by atoms with E-state index in [-0.39, 0.29) is 6.10 Å². The van der Waals surface area contributed by atoms with Crippen molar-refractivity contribution in [2.24, 2.45) is 5.92 Å². The lowest BCUT2D eigenvalue weighted by molar-refractivity contribution is -0.0279. The zero-order valence-corrected chi connectivity index (χ0v) is 13.2. The second kappa shape index (κ2) is 8.20. The van der Waals surface area contributed by atoms with Crippen LogP contribution in [0.15, 0.2) is 18.2 Å². The molecule has 0 amide bonds. The fourth-order valence-corrected chi connectivity index (χ4v) is 3.23. The largest absolute Gasteiger partial charge is 0.383 e. The minimum atomic E-state index is -0.0278. The summed E-state index contributed by atoms with van der Waals surface area (Å²) in [5, 5.41) is 4.78. The first-order valence-corrected chi connectivity index (χ1v) is 7.74. The van der Waals surface area contributed by atoms with E-state index in [1.807, 2.05) is 18.2 Å². The van der Waals surface area contributed by atoms with E-state index >= 15 is 0 Å². The smallest absolute Gasteiger partial charge is 0.0894 e. The van der Waals surface area contributed by atoms with Gasteiger partial charge in [-0.2, -0.15) is 0 Å². The third kappa shape index (κ3) is 4.09. The molecule has 0 bridgehead atoms. The molecule has 0 saturated carbocycles. The first-order chi connectivity index (χ1) is 9.74. The Kier molecular flexibility index (Phi) is 6.59. The van der Waals surface area contributed by atoms with E-state index in [2.05, 4.69) is 5.32 Å². The molecule has 1 aromatic carbocycles. The number of rotatable bonds is 6. The van der Waals surface area contributed by atoms with Crippen molar-refractivity contribution in [1.82, 2.24) is 5.32 Å². The third-order valence-corrected chi connectivity index (χ3v) is 4.28. The summed E-state index contributed by atoms with van der Waals surface area (Å²) in [5.74, 6) is 0.387. The fourth-order valence-electron chi connectivity index (χ4n) is 2.62. The van der Waals surface area contributed by atoms with E-state index in [1.54, 1.807) is 7.11 Å². The molecular weight excluding hydrogens is 297 g/mol. The van der Waals surface area contributed by atoms with Crippen LogP contribution in [-0.2, 0) is 9.47 Å². The highest BCUT2D eigenvalue weighted by molar-refractivity contribution is 6.36. The van der Waals surface area contributed by atoms with Crippen molar-refractivity contribution < 1.29 is 9.47 Å². The molecule has 112 valence electrons. The van der Waals surface area contributed by atoms with Crippen LogP contribution in [0.4, 0.5) is 0 Å². The van der Waals surface area contributed by atoms with Crippen LogP contribution in [0.2, 0.25) is 10.0 Å². The van der Waals surface area contributed by atoms with Gasteiger partial charge in [-0.05, 0) is 25.0 Å². The lowest BCUT2D eigenvalue weighted by atomic mass is 9.89. The van der Waals surface area contributed by atoms with Crippen LogP contribution in [0.25, 0.3) is 0 Å². The van der Waals surface area contributed by atoms with Gasteiger partial charge in [0.2, 0.25) is 0 Å². The average Bonchev–Trinajstić information content (AvgIpc) is 2.45. The second-order valence-corrected chi connectivity index (χ2v) is 5.84. The molecule has 20 heavy (non-hydrogen) atoms. The van der Waals surface area contributed by atoms with Gasteiger partial charge in [0.1, 0.15) is 0 Å². The molecular formula is C15H21Cl2NO2. The Morgan fingerprint density at radius 2 is 2.10 bits per heavy atom. The molecule has 0 radical (unpaired) electrons. The lowest BCUT2D eigenvalue weighted by Crippen LogP contribution is -2.33. The number of halogens is 2. The Balaban J connectivity index is 2.06. The van der Waals surface area contributed by atoms with Crippen molar-refractivity contribution in [1.29, 1.82) is 0 Å². The molecule has 1 aliphatic heterocycles. The van der Waals surface area contributed by atoms with Crippen LogP contribution < -0.4 is 5.32 Å². The molecule has 2 unspecified atom stereocenters. The molecule has 1 heterocycles. The van der Waals surface area contributed by atoms with Gasteiger partial charge in [0.05, 0.1) is 12.7 Å². The van der Waals surface area contributed by atoms with E-state index < -0.39 is 0 Å². The Hall–Kier alpha value is -0.320. The summed E-state index contributed by atoms with van der Waals surface area (Å²) < 4.78 is 11.0. The molecule has 1 aliphatic rings. The normalized spacial score (nSPS) is 22.9. The number of methoxy groups -OCH3 is 1. The van der Waals surface area contributed by atoms with Crippen LogP contribution in [-0.4, -0.2) is 33.4 Å². The quantitative estimate of drug-likeness (QED) is 0.811. The highest BCUT2D eigenvalue weighted by atomic mass is 35.5. The van der Waals surface area contributed by atoms with Crippen molar-refractivity contribution in [3.8, 4) is 0 Å². The molecule has 2 atom stereocenters. The standard InChI is InChI=1S/C15H21Cl2NO2/c1-19-9-7-18-10-11-4-3-8-20-15(11)14-12(16)5-2-6-13(14)17/h2,5-6,11,15,18H,3-4,7-10H2,1H3. The van der Waals surface area contributed by atoms with Crippen LogP contribution in [0.3, 0.4) is 0 Å². The maximum absolute atomic E-state index is 6.31. The average molecular weight is 318 g/mol. The molecule has 1 fully saturated rings. The zero-order chi connectivity index (χ0) is 14.4. The highest BCUT2D eigenvalue weighted by Gasteiger charge is 2.30. The molecule has 3 nitrogen and oxygen atoms in total. The van der Waals surface area contributed by atoms with Crippen molar-refractivity contribution in [2.45, 2.75) is 18.9 Å². The van der Waals surface area contributed by atoms with Crippen molar-refractivity contribution >= 4 is 23.2 Å². The van der Waals surface area contributed by atoms with Crippen LogP contribution in [0.5, 0.6) is 0 Å². The van der Waals surface area contributed by atoms with Gasteiger partial charge >= 0.3 is 0 Å². The van der Waals surface area contributed by atoms with Crippen LogP contribution >= 0.6 is 23.2 Å². The summed E-state index contributed by atoms with van der Waals surface area (Å²) in [6.45, 7) is 3.21. The van der Waals surface area contributed by atoms with Gasteiger partial charge in [-0.15, -0.1) is 0 Å². The molecule has 0 aromatic heterocycles. The molecule has 1 saturated heterocycles. The second-order valence-electron chi connectivity index (χ2n) is 5.03. The topological polar surface area (TPSA) is 30.5 Å². The Morgan fingerprint density at radius 1 is 1.35 bits per heavy atom. The van der Waals surface area contributed by atoms with Crippen molar-refractivity contribution in [3.05, 3.63) is 33.8 Å². The van der Waals surface area contributed by atoms with E-state index in [0.29, 0.717) is 22.6 Å². The number of nitrogens with one attached hydrogen (secondary N) is 1. The molecule has 5 heteroatoms. The SMILES string of the molecule is COCCNCC1CCCOC1c1c(Cl)cccc1Cl. The monoisotopic (exact) mass is 317 g/mol. The van der Waals surface area contributed by atoms with Crippen molar-refractivity contribution in [3.63, 3.8) is 0 Å². The number of hydrogen-bond donors (Lipinski definition) is 1. The van der Waals surface area contributed by atoms with E-state index in [9.17, 15) is 0 Å². The summed E-state index contributed by atoms with van der Waals surface area (Å²) in [6, 6.07) is 5.61. The minimum absolute atomic E-state index is 0.0278. The van der Waals surface area contributed by atoms with Gasteiger partial charge in [-0.3, -0.25) is 0 Å². The van der Waals surface area contributed by atoms with Gasteiger partial charge in [0, 0.05) is 48.3 Å². The van der Waals surface area contributed by atoms with Crippen LogP contribution in [0.1, 0.15) is 24.5 Å². The van der Waals surface area contributed by atoms with Crippen LogP contribution in [0, 0.1) is 5.92 Å². The predicted octanol–water partition coefficient (Wildman–Crippen LogP) is 3.70. The Morgan fingerprint density at radius 3 is 2.80 bits per heavy atom. The van der Waals surface area contributed by atoms with Gasteiger partial charge in [0.15, 0.2) is 0 Å². The van der Waals surface area contributed by atoms with Crippen molar-refractivity contribution in [2.75, 3.05) is 33.4 Å². The lowest BCUT2D eigenvalue weighted by Gasteiger charge is -2.33. The third-order valence-electron chi connectivity index (χ3n) is 3.62. The van der Waals surface area contributed by atoms with Gasteiger partial charge in [0.25, 0.3) is 0 Å². The maximum Gasteiger partial charge on any atom is 0.0894 e. The van der Waals surface area contributed by atoms with E-state index in [1.165, 1.54) is 0 Å². The summed E-state index contributed by atoms with van der Waals surface area (Å²) in [7, 11) is 1.71. The Bertz CT molecular complexity index is 408. The van der Waals surface area contributed by atoms with Gasteiger partial charge < -0.3 is 14.8 Å². The minimum Gasteiger partial charge on any atom is -0.383 e. The maximum atomic E-state index is 6.31. The summed E-state index contributed by atoms with van der Waals surface area (Å²) >= 11 is 12.6. The highest BCUT2D eigenvalue weighted by Crippen LogP contribution is 2.40. The van der Waals surface area contributed by atoms with E-state index in [4.69, 9.17) is 32.7 Å². The molecule has 1 aromatic rings. The Labute approximate surface area is 130 Å². The summed E-state index contributed by atoms with van der Waals surface area (Å²) in [6.07, 6.45) is 2.17. The number of benzene rings is 1. The van der Waals surface area contributed by atoms with Gasteiger partial charge in [-0.1, -0.05) is 29.3 Å². The predicted molar refractivity (Wildman–Crippen MR) is 82.6 cm³/mol. The molecule has 0 aliphatic carbocycles. The number of ether oxygens (including phenoxy) is 2. The van der Waals surface area contributed by atoms with Gasteiger partial charge in [-0.25, -0.2) is 0 Å². The molecule has 1 N–H and O–H groups in total. The molecule has 2 rings (SSSR count). The first kappa shape index (κ1) is 16.1. The first-order valence-electron chi connectivity index (χ1n) is 6.99. The molecule has 0 spiro atoms. The number of hydrogen-bond acceptors (Lipinski definition) is 3. The summed E-state index contributed by atoms with van der Waals surface area (Å²) in [5.41, 5.74) is 0.925. The summed E-state index contributed by atoms with van der Waals surface area (Å²) in [4.78, 5) is 0.